The van der Waals surface area contributed by atoms with E-state index in [4.69, 9.17) is 9.47 Å². The Balaban J connectivity index is 2.71. The second kappa shape index (κ2) is 5.56. The highest BCUT2D eigenvalue weighted by Gasteiger charge is 2.10. The predicted molar refractivity (Wildman–Crippen MR) is 60.5 cm³/mol. The molecule has 80 valence electrons. The van der Waals surface area contributed by atoms with Crippen LogP contribution in [0.4, 0.5) is 0 Å². The van der Waals surface area contributed by atoms with Crippen molar-refractivity contribution in [2.75, 3.05) is 0 Å². The Morgan fingerprint density at radius 1 is 1.53 bits per heavy atom. The summed E-state index contributed by atoms with van der Waals surface area (Å²) in [7, 11) is 0. The first-order valence-corrected chi connectivity index (χ1v) is 5.13. The van der Waals surface area contributed by atoms with Gasteiger partial charge in [-0.1, -0.05) is 18.7 Å². The maximum absolute atomic E-state index is 10.7. The topological polar surface area (TPSA) is 35.5 Å². The monoisotopic (exact) mass is 270 g/mol. The van der Waals surface area contributed by atoms with E-state index in [1.165, 1.54) is 13.0 Å². The molecule has 3 nitrogen and oxygen atoms in total. The van der Waals surface area contributed by atoms with E-state index in [0.29, 0.717) is 5.75 Å². The number of esters is 1. The van der Waals surface area contributed by atoms with Gasteiger partial charge in [0.15, 0.2) is 0 Å². The molecule has 0 fully saturated rings. The lowest BCUT2D eigenvalue weighted by Crippen LogP contribution is -2.20. The fourth-order valence-electron chi connectivity index (χ4n) is 0.949. The van der Waals surface area contributed by atoms with E-state index in [0.717, 1.165) is 4.47 Å². The van der Waals surface area contributed by atoms with Gasteiger partial charge in [0, 0.05) is 6.92 Å². The lowest BCUT2D eigenvalue weighted by atomic mass is 10.3. The minimum atomic E-state index is -0.763. The van der Waals surface area contributed by atoms with Gasteiger partial charge < -0.3 is 9.47 Å². The van der Waals surface area contributed by atoms with Crippen molar-refractivity contribution in [2.24, 2.45) is 0 Å². The van der Waals surface area contributed by atoms with Gasteiger partial charge in [0.2, 0.25) is 0 Å². The number of carbonyl (C=O) groups excluding carboxylic acids is 1. The molecule has 0 saturated heterocycles. The molecule has 0 aliphatic heterocycles. The number of benzene rings is 1. The van der Waals surface area contributed by atoms with Gasteiger partial charge in [0.05, 0.1) is 4.47 Å². The van der Waals surface area contributed by atoms with Crippen molar-refractivity contribution in [3.05, 3.63) is 41.4 Å². The highest BCUT2D eigenvalue weighted by atomic mass is 79.9. The maximum atomic E-state index is 10.7. The molecule has 0 aromatic heterocycles. The summed E-state index contributed by atoms with van der Waals surface area (Å²) in [6, 6.07) is 7.30. The molecule has 0 spiro atoms. The van der Waals surface area contributed by atoms with Gasteiger partial charge in [0.1, 0.15) is 5.75 Å². The molecule has 0 amide bonds. The molecule has 15 heavy (non-hydrogen) atoms. The summed E-state index contributed by atoms with van der Waals surface area (Å²) in [6.07, 6.45) is 0.655. The first kappa shape index (κ1) is 11.8. The fraction of sp³-hybridized carbons (Fsp3) is 0.182. The van der Waals surface area contributed by atoms with E-state index in [1.54, 1.807) is 6.07 Å². The molecule has 1 aromatic carbocycles. The van der Waals surface area contributed by atoms with Crippen LogP contribution in [0.2, 0.25) is 0 Å². The van der Waals surface area contributed by atoms with Crippen molar-refractivity contribution in [3.8, 4) is 5.75 Å². The zero-order valence-electron chi connectivity index (χ0n) is 8.27. The molecule has 1 atom stereocenters. The Hall–Kier alpha value is -1.29. The van der Waals surface area contributed by atoms with Crippen LogP contribution >= 0.6 is 15.9 Å². The highest BCUT2D eigenvalue weighted by Crippen LogP contribution is 2.25. The van der Waals surface area contributed by atoms with Crippen LogP contribution in [0.5, 0.6) is 5.75 Å². The van der Waals surface area contributed by atoms with E-state index in [2.05, 4.69) is 22.5 Å². The molecule has 1 unspecified atom stereocenters. The normalized spacial score (nSPS) is 11.6. The standard InChI is InChI=1S/C11H11BrO3/c1-3-11(14-8(2)13)15-10-7-5-4-6-9(10)12/h3-7,11H,1H2,2H3. The third kappa shape index (κ3) is 3.75. The quantitative estimate of drug-likeness (QED) is 0.480. The van der Waals surface area contributed by atoms with Gasteiger partial charge in [-0.3, -0.25) is 4.79 Å². The number of hydrogen-bond donors (Lipinski definition) is 0. The lowest BCUT2D eigenvalue weighted by molar-refractivity contribution is -0.155. The van der Waals surface area contributed by atoms with Crippen LogP contribution in [0.1, 0.15) is 6.92 Å². The Labute approximate surface area is 96.8 Å². The van der Waals surface area contributed by atoms with Gasteiger partial charge in [-0.15, -0.1) is 0 Å². The Bertz CT molecular complexity index is 363. The second-order valence-electron chi connectivity index (χ2n) is 2.76. The SMILES string of the molecule is C=CC(OC(C)=O)Oc1ccccc1Br. The molecule has 0 bridgehead atoms. The molecular weight excluding hydrogens is 260 g/mol. The van der Waals surface area contributed by atoms with Gasteiger partial charge in [-0.2, -0.15) is 0 Å². The van der Waals surface area contributed by atoms with Crippen LogP contribution in [0.25, 0.3) is 0 Å². The summed E-state index contributed by atoms with van der Waals surface area (Å²) in [6.45, 7) is 4.84. The number of carbonyl (C=O) groups is 1. The van der Waals surface area contributed by atoms with E-state index >= 15 is 0 Å². The van der Waals surface area contributed by atoms with Gasteiger partial charge >= 0.3 is 5.97 Å². The maximum Gasteiger partial charge on any atom is 0.305 e. The first-order chi connectivity index (χ1) is 7.13. The van der Waals surface area contributed by atoms with Crippen molar-refractivity contribution in [3.63, 3.8) is 0 Å². The average molecular weight is 271 g/mol. The van der Waals surface area contributed by atoms with Gasteiger partial charge in [0.25, 0.3) is 6.29 Å². The number of rotatable bonds is 4. The number of halogens is 1. The summed E-state index contributed by atoms with van der Waals surface area (Å²) >= 11 is 3.32. The molecule has 1 rings (SSSR count). The molecule has 0 saturated carbocycles. The molecule has 1 aromatic rings. The van der Waals surface area contributed by atoms with Gasteiger partial charge in [-0.25, -0.2) is 0 Å². The van der Waals surface area contributed by atoms with Gasteiger partial charge in [-0.05, 0) is 34.1 Å². The number of ether oxygens (including phenoxy) is 2. The second-order valence-corrected chi connectivity index (χ2v) is 3.62. The minimum absolute atomic E-state index is 0.410. The number of hydrogen-bond acceptors (Lipinski definition) is 3. The predicted octanol–water partition coefficient (Wildman–Crippen LogP) is 2.90. The van der Waals surface area contributed by atoms with E-state index in [1.807, 2.05) is 18.2 Å². The van der Waals surface area contributed by atoms with Crippen LogP contribution < -0.4 is 4.74 Å². The van der Waals surface area contributed by atoms with Crippen molar-refractivity contribution < 1.29 is 14.3 Å². The van der Waals surface area contributed by atoms with Crippen LogP contribution in [0.15, 0.2) is 41.4 Å². The molecule has 0 aliphatic rings. The van der Waals surface area contributed by atoms with Crippen molar-refractivity contribution >= 4 is 21.9 Å². The third-order valence-electron chi connectivity index (χ3n) is 1.55. The average Bonchev–Trinajstić information content (AvgIpc) is 2.19. The molecule has 0 radical (unpaired) electrons. The zero-order valence-corrected chi connectivity index (χ0v) is 9.86. The summed E-state index contributed by atoms with van der Waals surface area (Å²) in [4.78, 5) is 10.7. The van der Waals surface area contributed by atoms with E-state index in [-0.39, 0.29) is 0 Å². The fourth-order valence-corrected chi connectivity index (χ4v) is 1.33. The Morgan fingerprint density at radius 3 is 2.73 bits per heavy atom. The first-order valence-electron chi connectivity index (χ1n) is 4.34. The van der Waals surface area contributed by atoms with Crippen LogP contribution in [0.3, 0.4) is 0 Å². The van der Waals surface area contributed by atoms with Crippen molar-refractivity contribution in [1.29, 1.82) is 0 Å². The van der Waals surface area contributed by atoms with Crippen molar-refractivity contribution in [2.45, 2.75) is 13.2 Å². The van der Waals surface area contributed by atoms with Crippen LogP contribution in [0, 0.1) is 0 Å². The zero-order chi connectivity index (χ0) is 11.3. The van der Waals surface area contributed by atoms with Crippen molar-refractivity contribution in [1.82, 2.24) is 0 Å². The van der Waals surface area contributed by atoms with E-state index in [9.17, 15) is 4.79 Å². The summed E-state index contributed by atoms with van der Waals surface area (Å²) in [5, 5.41) is 0. The van der Waals surface area contributed by atoms with Crippen LogP contribution in [-0.4, -0.2) is 12.3 Å². The lowest BCUT2D eigenvalue weighted by Gasteiger charge is -2.15. The molecule has 0 N–H and O–H groups in total. The van der Waals surface area contributed by atoms with Crippen LogP contribution in [-0.2, 0) is 9.53 Å². The molecular formula is C11H11BrO3. The number of para-hydroxylation sites is 1. The summed E-state index contributed by atoms with van der Waals surface area (Å²) in [5.74, 6) is 0.190. The summed E-state index contributed by atoms with van der Waals surface area (Å²) in [5.41, 5.74) is 0. The molecule has 0 aliphatic carbocycles. The third-order valence-corrected chi connectivity index (χ3v) is 2.21. The molecule has 0 heterocycles. The minimum Gasteiger partial charge on any atom is -0.450 e. The molecule has 4 heteroatoms. The smallest absolute Gasteiger partial charge is 0.305 e. The van der Waals surface area contributed by atoms with E-state index < -0.39 is 12.3 Å². The highest BCUT2D eigenvalue weighted by molar-refractivity contribution is 9.10. The Kier molecular flexibility index (Phi) is 4.37. The largest absolute Gasteiger partial charge is 0.450 e. The summed E-state index contributed by atoms with van der Waals surface area (Å²) < 4.78 is 11.1. The Morgan fingerprint density at radius 2 is 2.20 bits per heavy atom.